The van der Waals surface area contributed by atoms with E-state index in [4.69, 9.17) is 4.42 Å². The van der Waals surface area contributed by atoms with Crippen molar-refractivity contribution >= 4 is 11.8 Å². The third-order valence-corrected chi connectivity index (χ3v) is 4.35. The summed E-state index contributed by atoms with van der Waals surface area (Å²) in [6.07, 6.45) is 6.29. The first-order chi connectivity index (χ1) is 12.1. The number of hydrogen-bond donors (Lipinski definition) is 1. The predicted molar refractivity (Wildman–Crippen MR) is 93.1 cm³/mol. The number of aromatic nitrogens is 1. The summed E-state index contributed by atoms with van der Waals surface area (Å²) < 4.78 is 5.22. The lowest BCUT2D eigenvalue weighted by Crippen LogP contribution is -2.37. The number of pyridine rings is 1. The molecule has 1 saturated carbocycles. The minimum absolute atomic E-state index is 0.0432. The molecule has 2 aromatic rings. The lowest BCUT2D eigenvalue weighted by Gasteiger charge is -2.22. The average molecular weight is 341 g/mol. The number of hydrogen-bond acceptors (Lipinski definition) is 4. The summed E-state index contributed by atoms with van der Waals surface area (Å²) >= 11 is 0. The van der Waals surface area contributed by atoms with E-state index in [1.54, 1.807) is 24.1 Å². The zero-order chi connectivity index (χ0) is 17.6. The number of carbonyl (C=O) groups excluding carboxylic acids is 2. The summed E-state index contributed by atoms with van der Waals surface area (Å²) in [7, 11) is 0. The van der Waals surface area contributed by atoms with Gasteiger partial charge in [0.15, 0.2) is 0 Å². The Hall–Kier alpha value is -2.63. The second-order valence-corrected chi connectivity index (χ2v) is 6.29. The van der Waals surface area contributed by atoms with Crippen molar-refractivity contribution in [3.05, 3.63) is 53.7 Å². The molecule has 0 unspecified atom stereocenters. The van der Waals surface area contributed by atoms with Crippen LogP contribution in [-0.2, 0) is 11.2 Å². The third kappa shape index (κ3) is 4.68. The van der Waals surface area contributed by atoms with Crippen molar-refractivity contribution in [1.29, 1.82) is 0 Å². The maximum atomic E-state index is 12.6. The maximum Gasteiger partial charge on any atom is 0.257 e. The molecule has 2 aromatic heterocycles. The van der Waals surface area contributed by atoms with Crippen LogP contribution in [0.25, 0.3) is 0 Å². The Balaban J connectivity index is 1.46. The van der Waals surface area contributed by atoms with Crippen LogP contribution in [0.1, 0.15) is 41.1 Å². The molecule has 0 radical (unpaired) electrons. The highest BCUT2D eigenvalue weighted by Gasteiger charge is 2.34. The lowest BCUT2D eigenvalue weighted by atomic mass is 10.2. The summed E-state index contributed by atoms with van der Waals surface area (Å²) in [6, 6.07) is 7.68. The first-order valence-corrected chi connectivity index (χ1v) is 8.67. The first-order valence-electron chi connectivity index (χ1n) is 8.67. The number of rotatable bonds is 8. The van der Waals surface area contributed by atoms with Crippen molar-refractivity contribution in [3.63, 3.8) is 0 Å². The van der Waals surface area contributed by atoms with E-state index in [1.807, 2.05) is 18.2 Å². The minimum atomic E-state index is -0.0463. The van der Waals surface area contributed by atoms with Crippen molar-refractivity contribution in [3.8, 4) is 0 Å². The van der Waals surface area contributed by atoms with Gasteiger partial charge >= 0.3 is 0 Å². The van der Waals surface area contributed by atoms with E-state index in [1.165, 1.54) is 6.26 Å². The van der Waals surface area contributed by atoms with Crippen molar-refractivity contribution in [2.75, 3.05) is 13.1 Å². The minimum Gasteiger partial charge on any atom is -0.469 e. The third-order valence-electron chi connectivity index (χ3n) is 4.35. The fraction of sp³-hybridized carbons (Fsp3) is 0.421. The molecule has 0 aromatic carbocycles. The molecule has 3 rings (SSSR count). The van der Waals surface area contributed by atoms with Gasteiger partial charge in [0.05, 0.1) is 11.8 Å². The standard InChI is InChI=1S/C19H23N3O3/c1-14-17(9-13-25-14)19(24)22(16-5-6-16)12-8-18(23)21-11-7-15-4-2-3-10-20-15/h2-4,9-10,13,16H,5-8,11-12H2,1H3,(H,21,23). The Morgan fingerprint density at radius 2 is 2.16 bits per heavy atom. The SMILES string of the molecule is Cc1occc1C(=O)N(CCC(=O)NCCc1ccccn1)C1CC1. The lowest BCUT2D eigenvalue weighted by molar-refractivity contribution is -0.121. The zero-order valence-electron chi connectivity index (χ0n) is 14.4. The van der Waals surface area contributed by atoms with Gasteiger partial charge in [0.25, 0.3) is 5.91 Å². The second-order valence-electron chi connectivity index (χ2n) is 6.29. The molecule has 1 fully saturated rings. The Labute approximate surface area is 147 Å². The number of nitrogens with zero attached hydrogens (tertiary/aromatic N) is 2. The fourth-order valence-corrected chi connectivity index (χ4v) is 2.78. The predicted octanol–water partition coefficient (Wildman–Crippen LogP) is 2.34. The number of amides is 2. The smallest absolute Gasteiger partial charge is 0.257 e. The van der Waals surface area contributed by atoms with E-state index in [0.717, 1.165) is 18.5 Å². The summed E-state index contributed by atoms with van der Waals surface area (Å²) in [5.74, 6) is 0.531. The maximum absolute atomic E-state index is 12.6. The van der Waals surface area contributed by atoms with Gasteiger partial charge in [-0.15, -0.1) is 0 Å². The molecular formula is C19H23N3O3. The molecule has 0 spiro atoms. The molecule has 2 heterocycles. The van der Waals surface area contributed by atoms with Crippen molar-refractivity contribution < 1.29 is 14.0 Å². The fourth-order valence-electron chi connectivity index (χ4n) is 2.78. The normalized spacial score (nSPS) is 13.5. The summed E-state index contributed by atoms with van der Waals surface area (Å²) in [6.45, 7) is 2.76. The molecule has 25 heavy (non-hydrogen) atoms. The highest BCUT2D eigenvalue weighted by molar-refractivity contribution is 5.95. The van der Waals surface area contributed by atoms with E-state index >= 15 is 0 Å². The van der Waals surface area contributed by atoms with Crippen LogP contribution in [0.4, 0.5) is 0 Å². The van der Waals surface area contributed by atoms with Gasteiger partial charge in [-0.25, -0.2) is 0 Å². The highest BCUT2D eigenvalue weighted by Crippen LogP contribution is 2.29. The summed E-state index contributed by atoms with van der Waals surface area (Å²) in [4.78, 5) is 30.7. The van der Waals surface area contributed by atoms with E-state index < -0.39 is 0 Å². The number of nitrogens with one attached hydrogen (secondary N) is 1. The van der Waals surface area contributed by atoms with Crippen LogP contribution in [0, 0.1) is 6.92 Å². The molecule has 0 saturated heterocycles. The monoisotopic (exact) mass is 341 g/mol. The van der Waals surface area contributed by atoms with Gasteiger partial charge in [-0.2, -0.15) is 0 Å². The Morgan fingerprint density at radius 1 is 1.32 bits per heavy atom. The largest absolute Gasteiger partial charge is 0.469 e. The molecule has 132 valence electrons. The van der Waals surface area contributed by atoms with Crippen molar-refractivity contribution in [1.82, 2.24) is 15.2 Å². The molecule has 6 nitrogen and oxygen atoms in total. The van der Waals surface area contributed by atoms with Crippen LogP contribution in [-0.4, -0.2) is 40.8 Å². The topological polar surface area (TPSA) is 75.4 Å². The molecule has 0 bridgehead atoms. The Kier molecular flexibility index (Phi) is 5.48. The van der Waals surface area contributed by atoms with E-state index in [2.05, 4.69) is 10.3 Å². The number of carbonyl (C=O) groups is 2. The quantitative estimate of drug-likeness (QED) is 0.800. The van der Waals surface area contributed by atoms with Gasteiger partial charge in [0.1, 0.15) is 5.76 Å². The van der Waals surface area contributed by atoms with Crippen molar-refractivity contribution in [2.45, 2.75) is 38.6 Å². The highest BCUT2D eigenvalue weighted by atomic mass is 16.3. The Morgan fingerprint density at radius 3 is 2.80 bits per heavy atom. The van der Waals surface area contributed by atoms with Crippen LogP contribution in [0.2, 0.25) is 0 Å². The molecule has 0 atom stereocenters. The average Bonchev–Trinajstić information content (AvgIpc) is 3.36. The molecule has 1 aliphatic carbocycles. The molecule has 6 heteroatoms. The van der Waals surface area contributed by atoms with Gasteiger partial charge in [0, 0.05) is 43.9 Å². The van der Waals surface area contributed by atoms with E-state index in [-0.39, 0.29) is 17.9 Å². The van der Waals surface area contributed by atoms with Crippen LogP contribution in [0.3, 0.4) is 0 Å². The molecule has 2 amide bonds. The summed E-state index contributed by atoms with van der Waals surface area (Å²) in [5, 5.41) is 2.90. The molecule has 1 N–H and O–H groups in total. The van der Waals surface area contributed by atoms with Gasteiger partial charge in [-0.05, 0) is 38.0 Å². The van der Waals surface area contributed by atoms with Crippen LogP contribution < -0.4 is 5.32 Å². The van der Waals surface area contributed by atoms with Crippen LogP contribution in [0.15, 0.2) is 41.1 Å². The Bertz CT molecular complexity index is 723. The van der Waals surface area contributed by atoms with Crippen LogP contribution >= 0.6 is 0 Å². The van der Waals surface area contributed by atoms with E-state index in [9.17, 15) is 9.59 Å². The van der Waals surface area contributed by atoms with Gasteiger partial charge in [-0.3, -0.25) is 14.6 Å². The summed E-state index contributed by atoms with van der Waals surface area (Å²) in [5.41, 5.74) is 1.54. The van der Waals surface area contributed by atoms with Gasteiger partial charge in [0.2, 0.25) is 5.91 Å². The van der Waals surface area contributed by atoms with Gasteiger partial charge < -0.3 is 14.6 Å². The second kappa shape index (κ2) is 7.96. The first kappa shape index (κ1) is 17.2. The van der Waals surface area contributed by atoms with E-state index in [0.29, 0.717) is 37.3 Å². The van der Waals surface area contributed by atoms with Crippen molar-refractivity contribution in [2.24, 2.45) is 0 Å². The molecule has 0 aliphatic heterocycles. The molecular weight excluding hydrogens is 318 g/mol. The number of furan rings is 1. The molecule has 1 aliphatic rings. The zero-order valence-corrected chi connectivity index (χ0v) is 14.4. The van der Waals surface area contributed by atoms with Gasteiger partial charge in [-0.1, -0.05) is 6.07 Å². The number of aryl methyl sites for hydroxylation is 1. The van der Waals surface area contributed by atoms with Crippen LogP contribution in [0.5, 0.6) is 0 Å².